The molecule has 3 nitrogen and oxygen atoms in total. The normalized spacial score (nSPS) is 15.3. The van der Waals surface area contributed by atoms with Gasteiger partial charge in [0.25, 0.3) is 5.91 Å². The monoisotopic (exact) mass is 334 g/mol. The van der Waals surface area contributed by atoms with Gasteiger partial charge in [-0.05, 0) is 37.6 Å². The minimum Gasteiger partial charge on any atom is -0.349 e. The Morgan fingerprint density at radius 2 is 1.71 bits per heavy atom. The Morgan fingerprint density at radius 1 is 1.04 bits per heavy atom. The van der Waals surface area contributed by atoms with Crippen molar-refractivity contribution in [2.75, 3.05) is 13.1 Å². The van der Waals surface area contributed by atoms with Crippen molar-refractivity contribution in [3.8, 4) is 11.1 Å². The maximum absolute atomic E-state index is 14.3. The first-order chi connectivity index (χ1) is 11.6. The van der Waals surface area contributed by atoms with Crippen LogP contribution in [0.1, 0.15) is 23.2 Å². The second kappa shape index (κ2) is 7.05. The molecule has 3 rings (SSSR count). The number of hydrogen-bond donors (Lipinski definition) is 2. The van der Waals surface area contributed by atoms with Gasteiger partial charge in [-0.15, -0.1) is 0 Å². The first-order valence-corrected chi connectivity index (χ1v) is 7.82. The maximum Gasteiger partial charge on any atom is 0.255 e. The molecule has 0 atom stereocenters. The topological polar surface area (TPSA) is 41.1 Å². The largest absolute Gasteiger partial charge is 0.349 e. The highest BCUT2D eigenvalue weighted by Gasteiger charge is 2.26. The average Bonchev–Trinajstić information content (AvgIpc) is 2.61. The molecule has 1 aliphatic heterocycles. The third kappa shape index (κ3) is 3.28. The summed E-state index contributed by atoms with van der Waals surface area (Å²) in [6.45, 7) is 1.49. The van der Waals surface area contributed by atoms with Crippen molar-refractivity contribution in [1.29, 1.82) is 0 Å². The Hall–Kier alpha value is -2.34. The highest BCUT2D eigenvalue weighted by atomic mass is 19.2. The summed E-state index contributed by atoms with van der Waals surface area (Å²) in [5, 5.41) is 5.88. The molecule has 0 saturated carbocycles. The minimum absolute atomic E-state index is 0.0402. The molecule has 0 aliphatic carbocycles. The van der Waals surface area contributed by atoms with E-state index in [0.29, 0.717) is 18.4 Å². The van der Waals surface area contributed by atoms with Crippen LogP contribution >= 0.6 is 0 Å². The van der Waals surface area contributed by atoms with E-state index in [-0.39, 0.29) is 11.6 Å². The van der Waals surface area contributed by atoms with Crippen LogP contribution in [-0.2, 0) is 0 Å². The van der Waals surface area contributed by atoms with Crippen molar-refractivity contribution >= 4 is 5.91 Å². The zero-order chi connectivity index (χ0) is 17.1. The molecule has 0 radical (unpaired) electrons. The quantitative estimate of drug-likeness (QED) is 0.846. The number of hydrogen-bond acceptors (Lipinski definition) is 2. The molecule has 0 unspecified atom stereocenters. The molecule has 1 heterocycles. The van der Waals surface area contributed by atoms with Gasteiger partial charge in [-0.25, -0.2) is 13.2 Å². The van der Waals surface area contributed by atoms with E-state index in [9.17, 15) is 18.0 Å². The third-order valence-corrected chi connectivity index (χ3v) is 4.15. The standard InChI is InChI=1S/C18H17F3N2O/c19-14-10-13(11-4-2-1-3-5-11)15(17(21)16(14)20)18(24)23-12-6-8-22-9-7-12/h1-5,10,12,22H,6-9H2,(H,23,24). The predicted molar refractivity (Wildman–Crippen MR) is 85.1 cm³/mol. The lowest BCUT2D eigenvalue weighted by Gasteiger charge is -2.24. The third-order valence-electron chi connectivity index (χ3n) is 4.15. The van der Waals surface area contributed by atoms with Crippen molar-refractivity contribution in [2.24, 2.45) is 0 Å². The molecular formula is C18H17F3N2O. The zero-order valence-corrected chi connectivity index (χ0v) is 12.9. The van der Waals surface area contributed by atoms with Gasteiger partial charge in [-0.1, -0.05) is 30.3 Å². The minimum atomic E-state index is -1.63. The van der Waals surface area contributed by atoms with E-state index in [2.05, 4.69) is 10.6 Å². The lowest BCUT2D eigenvalue weighted by Crippen LogP contribution is -2.43. The van der Waals surface area contributed by atoms with Crippen molar-refractivity contribution in [1.82, 2.24) is 10.6 Å². The number of rotatable bonds is 3. The van der Waals surface area contributed by atoms with Crippen molar-refractivity contribution in [3.05, 3.63) is 59.4 Å². The fraction of sp³-hybridized carbons (Fsp3) is 0.278. The smallest absolute Gasteiger partial charge is 0.255 e. The second-order valence-corrected chi connectivity index (χ2v) is 5.77. The molecule has 1 fully saturated rings. The second-order valence-electron chi connectivity index (χ2n) is 5.77. The Morgan fingerprint density at radius 3 is 2.38 bits per heavy atom. The maximum atomic E-state index is 14.3. The van der Waals surface area contributed by atoms with Gasteiger partial charge in [0.1, 0.15) is 0 Å². The Labute approximate surface area is 137 Å². The van der Waals surface area contributed by atoms with E-state index in [4.69, 9.17) is 0 Å². The van der Waals surface area contributed by atoms with Crippen LogP contribution in [0.3, 0.4) is 0 Å². The molecule has 0 aromatic heterocycles. The van der Waals surface area contributed by atoms with Gasteiger partial charge in [0, 0.05) is 11.6 Å². The fourth-order valence-corrected chi connectivity index (χ4v) is 2.89. The highest BCUT2D eigenvalue weighted by molar-refractivity contribution is 6.01. The summed E-state index contributed by atoms with van der Waals surface area (Å²) in [5.41, 5.74) is 0.0304. The first-order valence-electron chi connectivity index (χ1n) is 7.82. The number of carbonyl (C=O) groups is 1. The summed E-state index contributed by atoms with van der Waals surface area (Å²) < 4.78 is 41.7. The van der Waals surface area contributed by atoms with Gasteiger partial charge in [-0.3, -0.25) is 4.79 Å². The molecule has 126 valence electrons. The molecule has 2 aromatic rings. The van der Waals surface area contributed by atoms with Crippen LogP contribution in [-0.4, -0.2) is 25.0 Å². The molecule has 2 N–H and O–H groups in total. The molecule has 24 heavy (non-hydrogen) atoms. The fourth-order valence-electron chi connectivity index (χ4n) is 2.89. The molecule has 0 bridgehead atoms. The van der Waals surface area contributed by atoms with Gasteiger partial charge in [0.05, 0.1) is 5.56 Å². The van der Waals surface area contributed by atoms with Crippen LogP contribution in [0, 0.1) is 17.5 Å². The van der Waals surface area contributed by atoms with E-state index in [1.54, 1.807) is 30.3 Å². The summed E-state index contributed by atoms with van der Waals surface area (Å²) in [6, 6.07) is 9.10. The van der Waals surface area contributed by atoms with Gasteiger partial charge < -0.3 is 10.6 Å². The highest BCUT2D eigenvalue weighted by Crippen LogP contribution is 2.29. The number of benzene rings is 2. The lowest BCUT2D eigenvalue weighted by atomic mass is 9.97. The first kappa shape index (κ1) is 16.5. The molecule has 6 heteroatoms. The molecular weight excluding hydrogens is 317 g/mol. The van der Waals surface area contributed by atoms with Crippen LogP contribution in [0.5, 0.6) is 0 Å². The Bertz CT molecular complexity index is 744. The summed E-state index contributed by atoms with van der Waals surface area (Å²) in [4.78, 5) is 12.5. The van der Waals surface area contributed by atoms with Gasteiger partial charge in [-0.2, -0.15) is 0 Å². The molecule has 1 amide bonds. The number of halogens is 3. The lowest BCUT2D eigenvalue weighted by molar-refractivity contribution is 0.0925. The number of carbonyl (C=O) groups excluding carboxylic acids is 1. The number of piperidine rings is 1. The van der Waals surface area contributed by atoms with E-state index in [1.165, 1.54) is 0 Å². The van der Waals surface area contributed by atoms with Crippen LogP contribution < -0.4 is 10.6 Å². The summed E-state index contributed by atoms with van der Waals surface area (Å²) in [7, 11) is 0. The summed E-state index contributed by atoms with van der Waals surface area (Å²) >= 11 is 0. The van der Waals surface area contributed by atoms with Gasteiger partial charge >= 0.3 is 0 Å². The average molecular weight is 334 g/mol. The zero-order valence-electron chi connectivity index (χ0n) is 12.9. The van der Waals surface area contributed by atoms with Crippen LogP contribution in [0.4, 0.5) is 13.2 Å². The van der Waals surface area contributed by atoms with E-state index >= 15 is 0 Å². The SMILES string of the molecule is O=C(NC1CCNCC1)c1c(-c2ccccc2)cc(F)c(F)c1F. The van der Waals surface area contributed by atoms with Crippen molar-refractivity contribution in [2.45, 2.75) is 18.9 Å². The number of amides is 1. The van der Waals surface area contributed by atoms with Crippen molar-refractivity contribution < 1.29 is 18.0 Å². The summed E-state index contributed by atoms with van der Waals surface area (Å²) in [6.07, 6.45) is 1.41. The Kier molecular flexibility index (Phi) is 4.85. The molecule has 1 aliphatic rings. The van der Waals surface area contributed by atoms with Crippen LogP contribution in [0.15, 0.2) is 36.4 Å². The molecule has 1 saturated heterocycles. The predicted octanol–water partition coefficient (Wildman–Crippen LogP) is 3.25. The van der Waals surface area contributed by atoms with Crippen LogP contribution in [0.2, 0.25) is 0 Å². The van der Waals surface area contributed by atoms with E-state index in [0.717, 1.165) is 19.2 Å². The summed E-state index contributed by atoms with van der Waals surface area (Å²) in [5.74, 6) is -5.13. The number of nitrogens with one attached hydrogen (secondary N) is 2. The van der Waals surface area contributed by atoms with Crippen molar-refractivity contribution in [3.63, 3.8) is 0 Å². The van der Waals surface area contributed by atoms with Crippen LogP contribution in [0.25, 0.3) is 11.1 Å². The van der Waals surface area contributed by atoms with E-state index in [1.807, 2.05) is 0 Å². The van der Waals surface area contributed by atoms with Gasteiger partial charge in [0.15, 0.2) is 17.5 Å². The van der Waals surface area contributed by atoms with E-state index < -0.39 is 28.9 Å². The Balaban J connectivity index is 2.01. The molecule has 0 spiro atoms. The van der Waals surface area contributed by atoms with Gasteiger partial charge in [0.2, 0.25) is 0 Å². The molecule has 2 aromatic carbocycles.